The lowest BCUT2D eigenvalue weighted by Gasteiger charge is -2.33. The van der Waals surface area contributed by atoms with E-state index in [0.29, 0.717) is 11.5 Å². The van der Waals surface area contributed by atoms with E-state index in [1.54, 1.807) is 11.3 Å². The van der Waals surface area contributed by atoms with Crippen LogP contribution in [0.15, 0.2) is 0 Å². The number of nitrogens with zero attached hydrogens (tertiary/aromatic N) is 1. The maximum Gasteiger partial charge on any atom is 0.341 e. The molecule has 4 nitrogen and oxygen atoms in total. The van der Waals surface area contributed by atoms with E-state index < -0.39 is 0 Å². The predicted octanol–water partition coefficient (Wildman–Crippen LogP) is 3.45. The van der Waals surface area contributed by atoms with Crippen molar-refractivity contribution in [2.75, 3.05) is 25.5 Å². The Hall–Kier alpha value is -1.14. The molecule has 1 atom stereocenters. The first-order chi connectivity index (χ1) is 10.6. The topological polar surface area (TPSA) is 41.6 Å². The number of anilines is 1. The molecule has 22 heavy (non-hydrogen) atoms. The van der Waals surface area contributed by atoms with Crippen molar-refractivity contribution >= 4 is 39.6 Å². The Morgan fingerprint density at radius 3 is 2.95 bits per heavy atom. The normalized spacial score (nSPS) is 20.6. The van der Waals surface area contributed by atoms with Gasteiger partial charge in [-0.1, -0.05) is 6.92 Å². The number of nitrogens with one attached hydrogen (secondary N) is 1. The number of methoxy groups -OCH3 is 1. The van der Waals surface area contributed by atoms with Crippen LogP contribution in [0.2, 0.25) is 0 Å². The molecule has 2 aliphatic rings. The van der Waals surface area contributed by atoms with Gasteiger partial charge in [-0.15, -0.1) is 11.3 Å². The number of esters is 1. The van der Waals surface area contributed by atoms with Crippen LogP contribution in [-0.2, 0) is 17.6 Å². The van der Waals surface area contributed by atoms with Gasteiger partial charge in [-0.05, 0) is 55.8 Å². The van der Waals surface area contributed by atoms with Gasteiger partial charge in [0.1, 0.15) is 5.00 Å². The summed E-state index contributed by atoms with van der Waals surface area (Å²) < 4.78 is 4.98. The maximum absolute atomic E-state index is 12.2. The van der Waals surface area contributed by atoms with E-state index in [4.69, 9.17) is 17.0 Å². The summed E-state index contributed by atoms with van der Waals surface area (Å²) in [7, 11) is 1.44. The first-order valence-electron chi connectivity index (χ1n) is 7.89. The zero-order chi connectivity index (χ0) is 15.7. The van der Waals surface area contributed by atoms with Crippen molar-refractivity contribution in [1.82, 2.24) is 4.90 Å². The second-order valence-electron chi connectivity index (χ2n) is 6.18. The predicted molar refractivity (Wildman–Crippen MR) is 93.9 cm³/mol. The summed E-state index contributed by atoms with van der Waals surface area (Å²) >= 11 is 7.23. The minimum Gasteiger partial charge on any atom is -0.465 e. The number of likely N-dealkylation sites (tertiary alicyclic amines) is 1. The van der Waals surface area contributed by atoms with Gasteiger partial charge in [-0.2, -0.15) is 0 Å². The van der Waals surface area contributed by atoms with E-state index >= 15 is 0 Å². The number of ether oxygens (including phenoxy) is 1. The fraction of sp³-hybridized carbons (Fsp3) is 0.625. The third-order valence-electron chi connectivity index (χ3n) is 4.48. The van der Waals surface area contributed by atoms with Crippen molar-refractivity contribution < 1.29 is 9.53 Å². The van der Waals surface area contributed by atoms with Crippen LogP contribution < -0.4 is 5.32 Å². The molecule has 1 fully saturated rings. The van der Waals surface area contributed by atoms with Gasteiger partial charge in [0.05, 0.1) is 12.7 Å². The smallest absolute Gasteiger partial charge is 0.341 e. The average molecular weight is 338 g/mol. The van der Waals surface area contributed by atoms with Crippen molar-refractivity contribution in [3.05, 3.63) is 16.0 Å². The lowest BCUT2D eigenvalue weighted by molar-refractivity contribution is 0.0601. The Bertz CT molecular complexity index is 597. The van der Waals surface area contributed by atoms with Crippen molar-refractivity contribution in [3.8, 4) is 0 Å². The molecular weight excluding hydrogens is 316 g/mol. The molecule has 1 N–H and O–H groups in total. The zero-order valence-electron chi connectivity index (χ0n) is 13.1. The molecule has 0 bridgehead atoms. The molecule has 1 aromatic heterocycles. The highest BCUT2D eigenvalue weighted by atomic mass is 32.1. The number of fused-ring (bicyclic) bond motifs is 1. The van der Waals surface area contributed by atoms with Crippen LogP contribution in [0.4, 0.5) is 5.00 Å². The molecule has 0 unspecified atom stereocenters. The number of hydrogen-bond donors (Lipinski definition) is 1. The molecular formula is C16H22N2O2S2. The molecule has 1 aliphatic heterocycles. The number of carbonyl (C=O) groups excluding carboxylic acids is 1. The number of carbonyl (C=O) groups is 1. The van der Waals surface area contributed by atoms with Gasteiger partial charge in [0.15, 0.2) is 5.11 Å². The van der Waals surface area contributed by atoms with Crippen molar-refractivity contribution in [3.63, 3.8) is 0 Å². The SMILES string of the molecule is COC(=O)c1c(NC(=S)N2CCC[C@H](C)C2)sc2c1CCC2. The van der Waals surface area contributed by atoms with Crippen LogP contribution in [0, 0.1) is 5.92 Å². The molecule has 1 aliphatic carbocycles. The van der Waals surface area contributed by atoms with Gasteiger partial charge in [0.25, 0.3) is 0 Å². The Kier molecular flexibility index (Phi) is 4.68. The summed E-state index contributed by atoms with van der Waals surface area (Å²) in [4.78, 5) is 15.7. The van der Waals surface area contributed by atoms with E-state index in [0.717, 1.165) is 48.0 Å². The van der Waals surface area contributed by atoms with Crippen LogP contribution in [0.3, 0.4) is 0 Å². The van der Waals surface area contributed by atoms with Crippen LogP contribution in [0.5, 0.6) is 0 Å². The minimum absolute atomic E-state index is 0.253. The highest BCUT2D eigenvalue weighted by molar-refractivity contribution is 7.80. The summed E-state index contributed by atoms with van der Waals surface area (Å²) in [6.07, 6.45) is 5.58. The second-order valence-corrected chi connectivity index (χ2v) is 7.67. The van der Waals surface area contributed by atoms with Crippen LogP contribution in [0.25, 0.3) is 0 Å². The van der Waals surface area contributed by atoms with E-state index in [9.17, 15) is 4.79 Å². The average Bonchev–Trinajstić information content (AvgIpc) is 3.07. The summed E-state index contributed by atoms with van der Waals surface area (Å²) in [5.41, 5.74) is 1.86. The van der Waals surface area contributed by atoms with Gasteiger partial charge in [0, 0.05) is 18.0 Å². The summed E-state index contributed by atoms with van der Waals surface area (Å²) in [6.45, 7) is 4.24. The van der Waals surface area contributed by atoms with Gasteiger partial charge in [0.2, 0.25) is 0 Å². The molecule has 6 heteroatoms. The standard InChI is InChI=1S/C16H22N2O2S2/c1-10-5-4-8-18(9-10)16(21)17-14-13(15(19)20-2)11-6-3-7-12(11)22-14/h10H,3-9H2,1-2H3,(H,17,21)/t10-/m0/s1. The number of piperidine rings is 1. The Morgan fingerprint density at radius 2 is 2.23 bits per heavy atom. The maximum atomic E-state index is 12.2. The monoisotopic (exact) mass is 338 g/mol. The molecule has 3 rings (SSSR count). The Morgan fingerprint density at radius 1 is 1.41 bits per heavy atom. The lowest BCUT2D eigenvalue weighted by atomic mass is 10.0. The third kappa shape index (κ3) is 2.99. The second kappa shape index (κ2) is 6.54. The van der Waals surface area contributed by atoms with Crippen LogP contribution in [0.1, 0.15) is 47.0 Å². The van der Waals surface area contributed by atoms with Gasteiger partial charge in [-0.25, -0.2) is 4.79 Å². The highest BCUT2D eigenvalue weighted by Gasteiger charge is 2.28. The molecule has 1 aromatic rings. The van der Waals surface area contributed by atoms with E-state index in [1.807, 2.05) is 0 Å². The molecule has 0 spiro atoms. The summed E-state index contributed by atoms with van der Waals surface area (Å²) in [6, 6.07) is 0. The van der Waals surface area contributed by atoms with Crippen LogP contribution in [-0.4, -0.2) is 36.2 Å². The van der Waals surface area contributed by atoms with Gasteiger partial charge in [-0.3, -0.25) is 0 Å². The van der Waals surface area contributed by atoms with Crippen molar-refractivity contribution in [2.45, 2.75) is 39.0 Å². The Balaban J connectivity index is 1.80. The molecule has 1 saturated heterocycles. The molecule has 2 heterocycles. The lowest BCUT2D eigenvalue weighted by Crippen LogP contribution is -2.41. The highest BCUT2D eigenvalue weighted by Crippen LogP contribution is 2.39. The quantitative estimate of drug-likeness (QED) is 0.661. The van der Waals surface area contributed by atoms with E-state index in [2.05, 4.69) is 17.1 Å². The number of thiophene rings is 1. The minimum atomic E-state index is -0.253. The van der Waals surface area contributed by atoms with Gasteiger partial charge < -0.3 is 15.0 Å². The fourth-order valence-corrected chi connectivity index (χ4v) is 4.97. The first kappa shape index (κ1) is 15.7. The fourth-order valence-electron chi connectivity index (χ4n) is 3.36. The molecule has 0 amide bonds. The number of thiocarbonyl (C=S) groups is 1. The largest absolute Gasteiger partial charge is 0.465 e. The zero-order valence-corrected chi connectivity index (χ0v) is 14.7. The summed E-state index contributed by atoms with van der Waals surface area (Å²) in [5, 5.41) is 4.91. The summed E-state index contributed by atoms with van der Waals surface area (Å²) in [5.74, 6) is 0.415. The number of rotatable bonds is 2. The molecule has 0 aromatic carbocycles. The van der Waals surface area contributed by atoms with E-state index in [1.165, 1.54) is 24.8 Å². The Labute approximate surface area is 140 Å². The number of hydrogen-bond acceptors (Lipinski definition) is 4. The molecule has 120 valence electrons. The van der Waals surface area contributed by atoms with Crippen molar-refractivity contribution in [1.29, 1.82) is 0 Å². The van der Waals surface area contributed by atoms with E-state index in [-0.39, 0.29) is 5.97 Å². The van der Waals surface area contributed by atoms with Crippen LogP contribution >= 0.6 is 23.6 Å². The number of aryl methyl sites for hydroxylation is 1. The third-order valence-corrected chi connectivity index (χ3v) is 6.04. The molecule has 0 saturated carbocycles. The van der Waals surface area contributed by atoms with Crippen molar-refractivity contribution in [2.24, 2.45) is 5.92 Å². The first-order valence-corrected chi connectivity index (χ1v) is 9.11. The van der Waals surface area contributed by atoms with Gasteiger partial charge >= 0.3 is 5.97 Å². The molecule has 0 radical (unpaired) electrons.